The number of fused-ring (bicyclic) bond motifs is 9. The van der Waals surface area contributed by atoms with E-state index in [4.69, 9.17) is 9.97 Å². The summed E-state index contributed by atoms with van der Waals surface area (Å²) in [6.45, 7) is 0. The highest BCUT2D eigenvalue weighted by molar-refractivity contribution is 7.26. The van der Waals surface area contributed by atoms with E-state index in [1.807, 2.05) is 0 Å². The van der Waals surface area contributed by atoms with Gasteiger partial charge in [-0.05, 0) is 36.4 Å². The fourth-order valence-corrected chi connectivity index (χ4v) is 8.20. The third-order valence-corrected chi connectivity index (χ3v) is 10.1. The zero-order chi connectivity index (χ0) is 29.5. The Morgan fingerprint density at radius 2 is 0.889 bits per heavy atom. The molecule has 4 heterocycles. The van der Waals surface area contributed by atoms with Gasteiger partial charge in [-0.15, -0.1) is 11.3 Å². The predicted molar refractivity (Wildman–Crippen MR) is 189 cm³/mol. The molecule has 45 heavy (non-hydrogen) atoms. The highest BCUT2D eigenvalue weighted by Gasteiger charge is 2.22. The SMILES string of the molecule is c1ccc(-n2c3ccccc3c3ccccc32)c(-c2nc(-n3c4ccccc4c4ccccc43)nc3c2sc2ccccc23)c1. The molecule has 0 fully saturated rings. The van der Waals surface area contributed by atoms with Crippen molar-refractivity contribution in [2.24, 2.45) is 0 Å². The van der Waals surface area contributed by atoms with Crippen LogP contribution in [-0.4, -0.2) is 19.1 Å². The van der Waals surface area contributed by atoms with Crippen LogP contribution in [0.25, 0.3) is 86.8 Å². The van der Waals surface area contributed by atoms with Gasteiger partial charge in [-0.25, -0.2) is 9.97 Å². The number of benzene rings is 6. The fraction of sp³-hybridized carbons (Fsp3) is 0. The number of aromatic nitrogens is 4. The molecular formula is C40H24N4S. The highest BCUT2D eigenvalue weighted by Crippen LogP contribution is 2.42. The smallest absolute Gasteiger partial charge is 0.235 e. The molecule has 4 aromatic heterocycles. The summed E-state index contributed by atoms with van der Waals surface area (Å²) in [5.41, 5.74) is 8.64. The van der Waals surface area contributed by atoms with Gasteiger partial charge >= 0.3 is 0 Å². The maximum atomic E-state index is 5.49. The Bertz CT molecular complexity index is 2670. The first-order chi connectivity index (χ1) is 22.3. The number of thiophene rings is 1. The van der Waals surface area contributed by atoms with E-state index in [9.17, 15) is 0 Å². The first kappa shape index (κ1) is 24.6. The summed E-state index contributed by atoms with van der Waals surface area (Å²) in [6.07, 6.45) is 0. The lowest BCUT2D eigenvalue weighted by atomic mass is 10.1. The lowest BCUT2D eigenvalue weighted by Gasteiger charge is -2.15. The van der Waals surface area contributed by atoms with Crippen LogP contribution in [0.4, 0.5) is 0 Å². The van der Waals surface area contributed by atoms with Gasteiger partial charge in [0.2, 0.25) is 5.95 Å². The van der Waals surface area contributed by atoms with Crippen LogP contribution in [0.15, 0.2) is 146 Å². The minimum atomic E-state index is 0.676. The van der Waals surface area contributed by atoms with Crippen LogP contribution in [0.1, 0.15) is 0 Å². The van der Waals surface area contributed by atoms with Gasteiger partial charge < -0.3 is 4.57 Å². The molecule has 0 aliphatic carbocycles. The Hall–Kier alpha value is -5.78. The summed E-state index contributed by atoms with van der Waals surface area (Å²) in [7, 11) is 0. The normalized spacial score (nSPS) is 12.0. The standard InChI is InChI=1S/C40H24N4S/c1-7-19-31-25(13-1)26-14-2-8-20-32(26)43(31)35-23-11-5-17-29(35)37-39-38(30-18-6-12-24-36(30)45-39)42-40(41-37)44-33-21-9-3-15-27(33)28-16-4-10-22-34(28)44/h1-24H. The average molecular weight is 593 g/mol. The van der Waals surface area contributed by atoms with Gasteiger partial charge in [-0.3, -0.25) is 4.57 Å². The third-order valence-electron chi connectivity index (χ3n) is 8.97. The van der Waals surface area contributed by atoms with Gasteiger partial charge in [0.25, 0.3) is 0 Å². The molecule has 0 bridgehead atoms. The number of para-hydroxylation sites is 5. The minimum absolute atomic E-state index is 0.676. The predicted octanol–water partition coefficient (Wildman–Crippen LogP) is 10.7. The summed E-state index contributed by atoms with van der Waals surface area (Å²) >= 11 is 1.77. The monoisotopic (exact) mass is 592 g/mol. The molecular weight excluding hydrogens is 569 g/mol. The molecule has 210 valence electrons. The lowest BCUT2D eigenvalue weighted by molar-refractivity contribution is 1.02. The second kappa shape index (κ2) is 9.36. The lowest BCUT2D eigenvalue weighted by Crippen LogP contribution is -2.04. The van der Waals surface area contributed by atoms with Gasteiger partial charge in [-0.1, -0.05) is 109 Å². The van der Waals surface area contributed by atoms with Crippen molar-refractivity contribution in [3.63, 3.8) is 0 Å². The zero-order valence-corrected chi connectivity index (χ0v) is 24.9. The molecule has 0 spiro atoms. The van der Waals surface area contributed by atoms with E-state index in [1.54, 1.807) is 11.3 Å². The van der Waals surface area contributed by atoms with Crippen LogP contribution in [0.3, 0.4) is 0 Å². The fourth-order valence-electron chi connectivity index (χ4n) is 7.05. The zero-order valence-electron chi connectivity index (χ0n) is 24.1. The van der Waals surface area contributed by atoms with E-state index in [0.29, 0.717) is 5.95 Å². The van der Waals surface area contributed by atoms with E-state index >= 15 is 0 Å². The van der Waals surface area contributed by atoms with Crippen molar-refractivity contribution < 1.29 is 0 Å². The minimum Gasteiger partial charge on any atom is -0.309 e. The van der Waals surface area contributed by atoms with Gasteiger partial charge in [-0.2, -0.15) is 0 Å². The van der Waals surface area contributed by atoms with Crippen LogP contribution >= 0.6 is 11.3 Å². The van der Waals surface area contributed by atoms with Crippen LogP contribution in [0.2, 0.25) is 0 Å². The summed E-state index contributed by atoms with van der Waals surface area (Å²) in [4.78, 5) is 10.8. The van der Waals surface area contributed by atoms with Crippen LogP contribution < -0.4 is 0 Å². The van der Waals surface area contributed by atoms with Gasteiger partial charge in [0.1, 0.15) is 0 Å². The summed E-state index contributed by atoms with van der Waals surface area (Å²) < 4.78 is 6.91. The molecule has 4 nitrogen and oxygen atoms in total. The maximum Gasteiger partial charge on any atom is 0.235 e. The molecule has 0 radical (unpaired) electrons. The Morgan fingerprint density at radius 1 is 0.422 bits per heavy atom. The average Bonchev–Trinajstić information content (AvgIpc) is 3.76. The highest BCUT2D eigenvalue weighted by atomic mass is 32.1. The van der Waals surface area contributed by atoms with Gasteiger partial charge in [0.05, 0.1) is 43.7 Å². The maximum absolute atomic E-state index is 5.49. The van der Waals surface area contributed by atoms with E-state index in [1.165, 1.54) is 37.3 Å². The molecule has 10 rings (SSSR count). The number of nitrogens with zero attached hydrogens (tertiary/aromatic N) is 4. The Balaban J connectivity index is 1.35. The van der Waals surface area contributed by atoms with Gasteiger partial charge in [0, 0.05) is 37.2 Å². The Morgan fingerprint density at radius 3 is 1.49 bits per heavy atom. The Kier molecular flexibility index (Phi) is 5.12. The molecule has 0 N–H and O–H groups in total. The van der Waals surface area contributed by atoms with Crippen LogP contribution in [0, 0.1) is 0 Å². The first-order valence-corrected chi connectivity index (χ1v) is 15.9. The Labute approximate surface area is 262 Å². The summed E-state index contributed by atoms with van der Waals surface area (Å²) in [6, 6.07) is 51.7. The molecule has 0 amide bonds. The van der Waals surface area contributed by atoms with E-state index < -0.39 is 0 Å². The van der Waals surface area contributed by atoms with Crippen molar-refractivity contribution in [1.29, 1.82) is 0 Å². The van der Waals surface area contributed by atoms with Gasteiger partial charge in [0.15, 0.2) is 0 Å². The van der Waals surface area contributed by atoms with E-state index in [2.05, 4.69) is 155 Å². The quantitative estimate of drug-likeness (QED) is 0.205. The van der Waals surface area contributed by atoms with Crippen LogP contribution in [-0.2, 0) is 0 Å². The number of hydrogen-bond donors (Lipinski definition) is 0. The number of hydrogen-bond acceptors (Lipinski definition) is 3. The first-order valence-electron chi connectivity index (χ1n) is 15.1. The molecule has 0 saturated heterocycles. The van der Waals surface area contributed by atoms with Crippen molar-refractivity contribution in [3.8, 4) is 22.9 Å². The molecule has 6 aromatic carbocycles. The van der Waals surface area contributed by atoms with Crippen molar-refractivity contribution in [3.05, 3.63) is 146 Å². The van der Waals surface area contributed by atoms with E-state index in [0.717, 1.165) is 43.6 Å². The number of rotatable bonds is 3. The van der Waals surface area contributed by atoms with Crippen molar-refractivity contribution >= 4 is 75.3 Å². The topological polar surface area (TPSA) is 35.6 Å². The van der Waals surface area contributed by atoms with Crippen molar-refractivity contribution in [1.82, 2.24) is 19.1 Å². The molecule has 0 atom stereocenters. The summed E-state index contributed by atoms with van der Waals surface area (Å²) in [5.74, 6) is 0.676. The molecule has 5 heteroatoms. The molecule has 10 aromatic rings. The summed E-state index contributed by atoms with van der Waals surface area (Å²) in [5, 5.41) is 6.02. The van der Waals surface area contributed by atoms with Crippen LogP contribution in [0.5, 0.6) is 0 Å². The molecule has 0 aliphatic heterocycles. The second-order valence-corrected chi connectivity index (χ2v) is 12.5. The largest absolute Gasteiger partial charge is 0.309 e. The second-order valence-electron chi connectivity index (χ2n) is 11.4. The van der Waals surface area contributed by atoms with Crippen molar-refractivity contribution in [2.75, 3.05) is 0 Å². The molecule has 0 saturated carbocycles. The van der Waals surface area contributed by atoms with E-state index in [-0.39, 0.29) is 0 Å². The van der Waals surface area contributed by atoms with Crippen molar-refractivity contribution in [2.45, 2.75) is 0 Å². The molecule has 0 aliphatic rings. The third kappa shape index (κ3) is 3.47. The molecule has 0 unspecified atom stereocenters.